The highest BCUT2D eigenvalue weighted by molar-refractivity contribution is 6.30. The molecule has 0 bridgehead atoms. The summed E-state index contributed by atoms with van der Waals surface area (Å²) in [5, 5.41) is 3.45. The Bertz CT molecular complexity index is 867. The van der Waals surface area contributed by atoms with Crippen molar-refractivity contribution < 1.29 is 14.3 Å². The Balaban J connectivity index is 2.17. The van der Waals surface area contributed by atoms with Gasteiger partial charge < -0.3 is 15.0 Å². The first-order chi connectivity index (χ1) is 13.7. The third-order valence-corrected chi connectivity index (χ3v) is 4.76. The molecular weight excluding hydrogens is 388 g/mol. The van der Waals surface area contributed by atoms with E-state index in [9.17, 15) is 9.59 Å². The predicted octanol–water partition coefficient (Wildman–Crippen LogP) is 4.28. The van der Waals surface area contributed by atoms with Crippen LogP contribution in [0.3, 0.4) is 0 Å². The average Bonchev–Trinajstić information content (AvgIpc) is 2.64. The van der Waals surface area contributed by atoms with Crippen molar-refractivity contribution in [2.45, 2.75) is 53.2 Å². The molecule has 0 spiro atoms. The van der Waals surface area contributed by atoms with E-state index in [1.54, 1.807) is 19.1 Å². The quantitative estimate of drug-likeness (QED) is 0.698. The van der Waals surface area contributed by atoms with Crippen molar-refractivity contribution in [2.75, 3.05) is 6.61 Å². The van der Waals surface area contributed by atoms with E-state index < -0.39 is 6.04 Å². The summed E-state index contributed by atoms with van der Waals surface area (Å²) in [7, 11) is 0. The lowest BCUT2D eigenvalue weighted by Gasteiger charge is -2.29. The van der Waals surface area contributed by atoms with Gasteiger partial charge in [-0.1, -0.05) is 41.4 Å². The van der Waals surface area contributed by atoms with Crippen molar-refractivity contribution in [3.05, 3.63) is 64.2 Å². The fourth-order valence-corrected chi connectivity index (χ4v) is 3.22. The van der Waals surface area contributed by atoms with Crippen LogP contribution in [0.2, 0.25) is 5.02 Å². The van der Waals surface area contributed by atoms with E-state index in [4.69, 9.17) is 16.3 Å². The normalized spacial score (nSPS) is 11.8. The van der Waals surface area contributed by atoms with Gasteiger partial charge in [-0.3, -0.25) is 9.59 Å². The Kier molecular flexibility index (Phi) is 8.09. The number of nitrogens with zero attached hydrogens (tertiary/aromatic N) is 1. The first-order valence-electron chi connectivity index (χ1n) is 9.71. The molecule has 1 atom stereocenters. The first kappa shape index (κ1) is 22.8. The second-order valence-corrected chi connectivity index (χ2v) is 7.98. The third-order valence-electron chi connectivity index (χ3n) is 4.52. The number of rotatable bonds is 8. The lowest BCUT2D eigenvalue weighted by atomic mass is 10.1. The van der Waals surface area contributed by atoms with Crippen LogP contribution in [0.25, 0.3) is 0 Å². The molecule has 6 heteroatoms. The molecule has 2 aromatic rings. The van der Waals surface area contributed by atoms with E-state index in [0.717, 1.165) is 16.7 Å². The molecule has 0 aliphatic rings. The Morgan fingerprint density at radius 2 is 1.83 bits per heavy atom. The van der Waals surface area contributed by atoms with Crippen molar-refractivity contribution in [3.8, 4) is 5.75 Å². The number of nitrogens with one attached hydrogen (secondary N) is 1. The number of aryl methyl sites for hydroxylation is 2. The molecule has 29 heavy (non-hydrogen) atoms. The molecule has 0 heterocycles. The average molecular weight is 417 g/mol. The fourth-order valence-electron chi connectivity index (χ4n) is 3.00. The van der Waals surface area contributed by atoms with Gasteiger partial charge in [-0.15, -0.1) is 0 Å². The van der Waals surface area contributed by atoms with Gasteiger partial charge in [-0.05, 0) is 63.9 Å². The molecule has 1 N–H and O–H groups in total. The molecule has 156 valence electrons. The van der Waals surface area contributed by atoms with Crippen LogP contribution >= 0.6 is 11.6 Å². The highest BCUT2D eigenvalue weighted by Crippen LogP contribution is 2.20. The third kappa shape index (κ3) is 6.79. The minimum absolute atomic E-state index is 0.0143. The summed E-state index contributed by atoms with van der Waals surface area (Å²) in [5.74, 6) is 0.184. The smallest absolute Gasteiger partial charge is 0.261 e. The van der Waals surface area contributed by atoms with Crippen LogP contribution < -0.4 is 10.1 Å². The summed E-state index contributed by atoms with van der Waals surface area (Å²) in [6.07, 6.45) is 0. The Morgan fingerprint density at radius 3 is 2.45 bits per heavy atom. The molecule has 0 aliphatic heterocycles. The van der Waals surface area contributed by atoms with E-state index in [0.29, 0.717) is 10.8 Å². The molecule has 0 saturated carbocycles. The summed E-state index contributed by atoms with van der Waals surface area (Å²) < 4.78 is 5.76. The SMILES string of the molecule is Cc1ccc(OCC(=O)N(Cc2cccc(Cl)c2)[C@@H](C)C(=O)NC(C)C)c(C)c1. The molecule has 0 saturated heterocycles. The highest BCUT2D eigenvalue weighted by Gasteiger charge is 2.27. The first-order valence-corrected chi connectivity index (χ1v) is 10.1. The number of carbonyl (C=O) groups excluding carboxylic acids is 2. The Hall–Kier alpha value is -2.53. The molecule has 5 nitrogen and oxygen atoms in total. The van der Waals surface area contributed by atoms with Crippen molar-refractivity contribution >= 4 is 23.4 Å². The standard InChI is InChI=1S/C23H29ClN2O3/c1-15(2)25-23(28)18(5)26(13-19-7-6-8-20(24)12-19)22(27)14-29-21-10-9-16(3)11-17(21)4/h6-12,15,18H,13-14H2,1-5H3,(H,25,28)/t18-/m0/s1. The molecule has 0 radical (unpaired) electrons. The van der Waals surface area contributed by atoms with Gasteiger partial charge in [0.15, 0.2) is 6.61 Å². The Labute approximate surface area is 178 Å². The van der Waals surface area contributed by atoms with Crippen LogP contribution in [-0.4, -0.2) is 35.4 Å². The van der Waals surface area contributed by atoms with Gasteiger partial charge in [0.25, 0.3) is 5.91 Å². The van der Waals surface area contributed by atoms with Gasteiger partial charge in [0.1, 0.15) is 11.8 Å². The molecule has 2 amide bonds. The van der Waals surface area contributed by atoms with E-state index >= 15 is 0 Å². The molecule has 0 aromatic heterocycles. The van der Waals surface area contributed by atoms with Gasteiger partial charge in [-0.2, -0.15) is 0 Å². The van der Waals surface area contributed by atoms with E-state index in [1.807, 2.05) is 58.0 Å². The number of ether oxygens (including phenoxy) is 1. The molecule has 0 fully saturated rings. The minimum atomic E-state index is -0.647. The van der Waals surface area contributed by atoms with Crippen LogP contribution in [-0.2, 0) is 16.1 Å². The molecule has 2 rings (SSSR count). The number of hydrogen-bond acceptors (Lipinski definition) is 3. The molecular formula is C23H29ClN2O3. The lowest BCUT2D eigenvalue weighted by Crippen LogP contribution is -2.50. The summed E-state index contributed by atoms with van der Waals surface area (Å²) >= 11 is 6.08. The molecule has 0 aliphatic carbocycles. The maximum Gasteiger partial charge on any atom is 0.261 e. The van der Waals surface area contributed by atoms with Crippen LogP contribution in [0.5, 0.6) is 5.75 Å². The zero-order valence-electron chi connectivity index (χ0n) is 17.7. The number of halogens is 1. The zero-order valence-corrected chi connectivity index (χ0v) is 18.4. The topological polar surface area (TPSA) is 58.6 Å². The largest absolute Gasteiger partial charge is 0.483 e. The maximum absolute atomic E-state index is 13.0. The van der Waals surface area contributed by atoms with Crippen molar-refractivity contribution in [3.63, 3.8) is 0 Å². The predicted molar refractivity (Wildman–Crippen MR) is 116 cm³/mol. The highest BCUT2D eigenvalue weighted by atomic mass is 35.5. The minimum Gasteiger partial charge on any atom is -0.483 e. The van der Waals surface area contributed by atoms with Gasteiger partial charge in [0.05, 0.1) is 0 Å². The van der Waals surface area contributed by atoms with E-state index in [2.05, 4.69) is 5.32 Å². The zero-order chi connectivity index (χ0) is 21.6. The molecule has 2 aromatic carbocycles. The van der Waals surface area contributed by atoms with Gasteiger partial charge in [0, 0.05) is 17.6 Å². The van der Waals surface area contributed by atoms with Gasteiger partial charge in [-0.25, -0.2) is 0 Å². The lowest BCUT2D eigenvalue weighted by molar-refractivity contribution is -0.142. The summed E-state index contributed by atoms with van der Waals surface area (Å²) in [6.45, 7) is 9.55. The van der Waals surface area contributed by atoms with Crippen LogP contribution in [0.1, 0.15) is 37.5 Å². The van der Waals surface area contributed by atoms with Crippen LogP contribution in [0.4, 0.5) is 0 Å². The van der Waals surface area contributed by atoms with Crippen LogP contribution in [0.15, 0.2) is 42.5 Å². The van der Waals surface area contributed by atoms with Gasteiger partial charge >= 0.3 is 0 Å². The summed E-state index contributed by atoms with van der Waals surface area (Å²) in [4.78, 5) is 27.1. The molecule has 0 unspecified atom stereocenters. The summed E-state index contributed by atoms with van der Waals surface area (Å²) in [6, 6.07) is 12.4. The van der Waals surface area contributed by atoms with Crippen LogP contribution in [0, 0.1) is 13.8 Å². The maximum atomic E-state index is 13.0. The van der Waals surface area contributed by atoms with Crippen molar-refractivity contribution in [1.29, 1.82) is 0 Å². The second-order valence-electron chi connectivity index (χ2n) is 7.55. The number of benzene rings is 2. The number of amides is 2. The van der Waals surface area contributed by atoms with Crippen molar-refractivity contribution in [2.24, 2.45) is 0 Å². The monoisotopic (exact) mass is 416 g/mol. The van der Waals surface area contributed by atoms with E-state index in [1.165, 1.54) is 4.90 Å². The number of hydrogen-bond donors (Lipinski definition) is 1. The van der Waals surface area contributed by atoms with Gasteiger partial charge in [0.2, 0.25) is 5.91 Å². The summed E-state index contributed by atoms with van der Waals surface area (Å²) in [5.41, 5.74) is 2.94. The van der Waals surface area contributed by atoms with E-state index in [-0.39, 0.29) is 31.0 Å². The fraction of sp³-hybridized carbons (Fsp3) is 0.391. The van der Waals surface area contributed by atoms with Crippen molar-refractivity contribution in [1.82, 2.24) is 10.2 Å². The number of carbonyl (C=O) groups is 2. The second kappa shape index (κ2) is 10.3. The Morgan fingerprint density at radius 1 is 1.10 bits per heavy atom.